The molecule has 0 radical (unpaired) electrons. The number of phenols is 1. The number of hydrogen-bond donors (Lipinski definition) is 1. The Hall–Kier alpha value is -1.39. The molecule has 0 amide bonds. The van der Waals surface area contributed by atoms with E-state index in [0.29, 0.717) is 0 Å². The Kier molecular flexibility index (Phi) is 3.00. The van der Waals surface area contributed by atoms with Crippen LogP contribution in [-0.4, -0.2) is 18.1 Å². The number of aromatic hydroxyl groups is 1. The van der Waals surface area contributed by atoms with E-state index in [9.17, 15) is 13.2 Å². The molecule has 1 aromatic carbocycles. The van der Waals surface area contributed by atoms with Crippen LogP contribution in [0.5, 0.6) is 11.5 Å². The van der Waals surface area contributed by atoms with Gasteiger partial charge < -0.3 is 9.84 Å². The molecule has 13 heavy (non-hydrogen) atoms. The zero-order valence-corrected chi connectivity index (χ0v) is 6.51. The lowest BCUT2D eigenvalue weighted by Gasteiger charge is -2.05. The van der Waals surface area contributed by atoms with Gasteiger partial charge in [0.1, 0.15) is 23.9 Å². The maximum absolute atomic E-state index is 12.5. The minimum absolute atomic E-state index is 0.113. The van der Waals surface area contributed by atoms with Crippen molar-refractivity contribution < 1.29 is 23.0 Å². The lowest BCUT2D eigenvalue weighted by atomic mass is 10.3. The van der Waals surface area contributed by atoms with Gasteiger partial charge >= 0.3 is 0 Å². The first-order valence-corrected chi connectivity index (χ1v) is 3.48. The van der Waals surface area contributed by atoms with Gasteiger partial charge in [-0.15, -0.1) is 0 Å². The number of phenolic OH excluding ortho intramolecular Hbond substituents is 1. The third kappa shape index (κ3) is 3.23. The molecule has 1 aromatic rings. The van der Waals surface area contributed by atoms with Crippen LogP contribution in [0.25, 0.3) is 0 Å². The fourth-order valence-corrected chi connectivity index (χ4v) is 0.790. The van der Waals surface area contributed by atoms with E-state index in [1.807, 2.05) is 0 Å². The van der Waals surface area contributed by atoms with Gasteiger partial charge in [0.05, 0.1) is 0 Å². The van der Waals surface area contributed by atoms with Gasteiger partial charge in [0.2, 0.25) is 0 Å². The highest BCUT2D eigenvalue weighted by Gasteiger charge is 2.05. The lowest BCUT2D eigenvalue weighted by molar-refractivity contribution is 0.0816. The molecular formula is C8H7F3O2. The van der Waals surface area contributed by atoms with Crippen molar-refractivity contribution in [3.8, 4) is 11.5 Å². The summed E-state index contributed by atoms with van der Waals surface area (Å²) < 4.78 is 40.3. The minimum atomic E-state index is -2.62. The Bertz CT molecular complexity index is 268. The lowest BCUT2D eigenvalue weighted by Crippen LogP contribution is -2.06. The standard InChI is InChI=1S/C8H7F3O2/c9-5-1-6(12)3-7(2-5)13-4-8(10)11/h1-3,8,12H,4H2. The average molecular weight is 192 g/mol. The van der Waals surface area contributed by atoms with E-state index in [1.165, 1.54) is 0 Å². The van der Waals surface area contributed by atoms with Crippen molar-refractivity contribution in [3.05, 3.63) is 24.0 Å². The molecule has 0 spiro atoms. The first kappa shape index (κ1) is 9.70. The molecule has 1 N–H and O–H groups in total. The number of benzene rings is 1. The van der Waals surface area contributed by atoms with Crippen LogP contribution in [0.4, 0.5) is 13.2 Å². The summed E-state index contributed by atoms with van der Waals surface area (Å²) in [5.41, 5.74) is 0. The van der Waals surface area contributed by atoms with E-state index in [-0.39, 0.29) is 11.5 Å². The quantitative estimate of drug-likeness (QED) is 0.795. The van der Waals surface area contributed by atoms with Gasteiger partial charge in [-0.3, -0.25) is 0 Å². The van der Waals surface area contributed by atoms with Gasteiger partial charge in [-0.05, 0) is 0 Å². The summed E-state index contributed by atoms with van der Waals surface area (Å²) in [6.45, 7) is -0.817. The molecule has 0 saturated heterocycles. The molecule has 0 aliphatic carbocycles. The SMILES string of the molecule is Oc1cc(F)cc(OCC(F)F)c1. The Balaban J connectivity index is 2.66. The van der Waals surface area contributed by atoms with Crippen molar-refractivity contribution in [2.24, 2.45) is 0 Å². The second kappa shape index (κ2) is 4.02. The molecule has 2 nitrogen and oxygen atoms in total. The summed E-state index contributed by atoms with van der Waals surface area (Å²) in [6, 6.07) is 2.84. The predicted octanol–water partition coefficient (Wildman–Crippen LogP) is 2.18. The van der Waals surface area contributed by atoms with Gasteiger partial charge in [-0.25, -0.2) is 13.2 Å². The van der Waals surface area contributed by atoms with Crippen LogP contribution < -0.4 is 4.74 Å². The monoisotopic (exact) mass is 192 g/mol. The predicted molar refractivity (Wildman–Crippen MR) is 39.6 cm³/mol. The van der Waals surface area contributed by atoms with Crippen LogP contribution in [0.15, 0.2) is 18.2 Å². The van der Waals surface area contributed by atoms with Gasteiger partial charge in [0.15, 0.2) is 0 Å². The van der Waals surface area contributed by atoms with E-state index in [4.69, 9.17) is 5.11 Å². The second-order valence-electron chi connectivity index (χ2n) is 2.35. The Morgan fingerprint density at radius 1 is 1.31 bits per heavy atom. The molecule has 0 unspecified atom stereocenters. The molecule has 5 heteroatoms. The normalized spacial score (nSPS) is 10.5. The third-order valence-electron chi connectivity index (χ3n) is 1.23. The zero-order chi connectivity index (χ0) is 9.84. The van der Waals surface area contributed by atoms with Crippen LogP contribution in [0, 0.1) is 5.82 Å². The fourth-order valence-electron chi connectivity index (χ4n) is 0.790. The summed E-state index contributed by atoms with van der Waals surface area (Å²) in [7, 11) is 0. The largest absolute Gasteiger partial charge is 0.508 e. The number of alkyl halides is 2. The number of rotatable bonds is 3. The first-order chi connectivity index (χ1) is 6.08. The molecule has 0 fully saturated rings. The minimum Gasteiger partial charge on any atom is -0.508 e. The van der Waals surface area contributed by atoms with Crippen molar-refractivity contribution in [2.75, 3.05) is 6.61 Å². The fraction of sp³-hybridized carbons (Fsp3) is 0.250. The van der Waals surface area contributed by atoms with Crippen molar-refractivity contribution in [1.29, 1.82) is 0 Å². The Morgan fingerprint density at radius 2 is 2.00 bits per heavy atom. The molecule has 0 aliphatic heterocycles. The number of hydrogen-bond acceptors (Lipinski definition) is 2. The van der Waals surface area contributed by atoms with Crippen molar-refractivity contribution in [2.45, 2.75) is 6.43 Å². The molecule has 0 saturated carbocycles. The average Bonchev–Trinajstić information content (AvgIpc) is 1.99. The smallest absolute Gasteiger partial charge is 0.272 e. The Labute approximate surface area is 72.6 Å². The van der Waals surface area contributed by atoms with E-state index < -0.39 is 18.8 Å². The highest BCUT2D eigenvalue weighted by molar-refractivity contribution is 5.32. The maximum Gasteiger partial charge on any atom is 0.272 e. The molecule has 0 atom stereocenters. The van der Waals surface area contributed by atoms with Gasteiger partial charge in [-0.1, -0.05) is 0 Å². The van der Waals surface area contributed by atoms with Gasteiger partial charge in [0.25, 0.3) is 6.43 Å². The van der Waals surface area contributed by atoms with Crippen LogP contribution >= 0.6 is 0 Å². The molecule has 0 bridgehead atoms. The van der Waals surface area contributed by atoms with E-state index in [1.54, 1.807) is 0 Å². The topological polar surface area (TPSA) is 29.5 Å². The summed E-state index contributed by atoms with van der Waals surface area (Å²) in [5, 5.41) is 8.85. The third-order valence-corrected chi connectivity index (χ3v) is 1.23. The highest BCUT2D eigenvalue weighted by atomic mass is 19.3. The molecule has 0 heterocycles. The summed E-state index contributed by atoms with van der Waals surface area (Å²) >= 11 is 0. The number of ether oxygens (including phenoxy) is 1. The Morgan fingerprint density at radius 3 is 2.54 bits per heavy atom. The van der Waals surface area contributed by atoms with E-state index in [2.05, 4.69) is 4.74 Å². The van der Waals surface area contributed by atoms with E-state index in [0.717, 1.165) is 18.2 Å². The summed E-state index contributed by atoms with van der Waals surface area (Å²) in [4.78, 5) is 0. The van der Waals surface area contributed by atoms with Crippen LogP contribution in [0.1, 0.15) is 0 Å². The van der Waals surface area contributed by atoms with Crippen LogP contribution in [-0.2, 0) is 0 Å². The van der Waals surface area contributed by atoms with Gasteiger partial charge in [-0.2, -0.15) is 0 Å². The van der Waals surface area contributed by atoms with E-state index >= 15 is 0 Å². The number of halogens is 3. The molecule has 0 aliphatic rings. The van der Waals surface area contributed by atoms with Crippen LogP contribution in [0.3, 0.4) is 0 Å². The molecule has 72 valence electrons. The van der Waals surface area contributed by atoms with Crippen molar-refractivity contribution >= 4 is 0 Å². The first-order valence-electron chi connectivity index (χ1n) is 3.48. The molecular weight excluding hydrogens is 185 g/mol. The molecule has 0 aromatic heterocycles. The second-order valence-corrected chi connectivity index (χ2v) is 2.35. The summed E-state index contributed by atoms with van der Waals surface area (Å²) in [5.74, 6) is -1.20. The van der Waals surface area contributed by atoms with Gasteiger partial charge in [0, 0.05) is 18.2 Å². The van der Waals surface area contributed by atoms with Crippen LogP contribution in [0.2, 0.25) is 0 Å². The molecule has 1 rings (SSSR count). The van der Waals surface area contributed by atoms with Crippen molar-refractivity contribution in [1.82, 2.24) is 0 Å². The van der Waals surface area contributed by atoms with Crippen molar-refractivity contribution in [3.63, 3.8) is 0 Å². The zero-order valence-electron chi connectivity index (χ0n) is 6.51. The highest BCUT2D eigenvalue weighted by Crippen LogP contribution is 2.20. The maximum atomic E-state index is 12.5. The summed E-state index contributed by atoms with van der Waals surface area (Å²) in [6.07, 6.45) is -2.62.